The minimum absolute atomic E-state index is 0.197. The standard InChI is InChI=1S/C17H22BrNO2/c1-17(2,12-4-3-5-13(18)9-12)16(21)19-14-6-7-15(19)11(8-14)10-20/h3-5,9,11,14-15,20H,6-8,10H2,1-2H3/t11-,14+,15+/m1/s1. The van der Waals surface area contributed by atoms with Crippen molar-refractivity contribution in [2.24, 2.45) is 5.92 Å². The maximum atomic E-state index is 13.1. The molecule has 1 aromatic rings. The topological polar surface area (TPSA) is 40.5 Å². The molecule has 2 bridgehead atoms. The Balaban J connectivity index is 1.88. The van der Waals surface area contributed by atoms with Crippen molar-refractivity contribution in [3.05, 3.63) is 34.3 Å². The molecule has 0 spiro atoms. The smallest absolute Gasteiger partial charge is 0.233 e. The third-order valence-corrected chi connectivity index (χ3v) is 5.71. The quantitative estimate of drug-likeness (QED) is 0.908. The van der Waals surface area contributed by atoms with Crippen molar-refractivity contribution in [3.63, 3.8) is 0 Å². The Morgan fingerprint density at radius 1 is 1.43 bits per heavy atom. The lowest BCUT2D eigenvalue weighted by atomic mass is 9.83. The lowest BCUT2D eigenvalue weighted by Crippen LogP contribution is -2.46. The van der Waals surface area contributed by atoms with E-state index in [-0.39, 0.29) is 24.5 Å². The summed E-state index contributed by atoms with van der Waals surface area (Å²) in [5, 5.41) is 9.50. The Kier molecular flexibility index (Phi) is 3.87. The Hall–Kier alpha value is -0.870. The number of aliphatic hydroxyl groups is 1. The van der Waals surface area contributed by atoms with Crippen LogP contribution in [0.3, 0.4) is 0 Å². The molecule has 114 valence electrons. The summed E-state index contributed by atoms with van der Waals surface area (Å²) in [7, 11) is 0. The molecule has 3 nitrogen and oxygen atoms in total. The summed E-state index contributed by atoms with van der Waals surface area (Å²) in [4.78, 5) is 15.2. The van der Waals surface area contributed by atoms with Gasteiger partial charge in [0.25, 0.3) is 0 Å². The molecule has 0 unspecified atom stereocenters. The van der Waals surface area contributed by atoms with Gasteiger partial charge in [-0.1, -0.05) is 28.1 Å². The number of amides is 1. The summed E-state index contributed by atoms with van der Waals surface area (Å²) < 4.78 is 0.999. The first kappa shape index (κ1) is 15.0. The molecule has 3 rings (SSSR count). The van der Waals surface area contributed by atoms with Crippen molar-refractivity contribution in [3.8, 4) is 0 Å². The Bertz CT molecular complexity index is 557. The third kappa shape index (κ3) is 2.42. The van der Waals surface area contributed by atoms with Gasteiger partial charge in [-0.2, -0.15) is 0 Å². The van der Waals surface area contributed by atoms with Crippen LogP contribution >= 0.6 is 15.9 Å². The number of nitrogens with zero attached hydrogens (tertiary/aromatic N) is 1. The van der Waals surface area contributed by atoms with Gasteiger partial charge in [-0.05, 0) is 50.8 Å². The number of halogens is 1. The SMILES string of the molecule is CC(C)(C(=O)N1[C@H]2CC[C@H]1[C@@H](CO)C2)c1cccc(Br)c1. The van der Waals surface area contributed by atoms with Crippen LogP contribution in [0.1, 0.15) is 38.7 Å². The van der Waals surface area contributed by atoms with E-state index in [0.29, 0.717) is 6.04 Å². The number of hydrogen-bond acceptors (Lipinski definition) is 2. The van der Waals surface area contributed by atoms with E-state index < -0.39 is 5.41 Å². The van der Waals surface area contributed by atoms with Gasteiger partial charge >= 0.3 is 0 Å². The fraction of sp³-hybridized carbons (Fsp3) is 0.588. The van der Waals surface area contributed by atoms with Gasteiger partial charge in [0, 0.05) is 29.1 Å². The van der Waals surface area contributed by atoms with E-state index in [9.17, 15) is 9.90 Å². The van der Waals surface area contributed by atoms with E-state index in [1.165, 1.54) is 0 Å². The third-order valence-electron chi connectivity index (χ3n) is 5.22. The van der Waals surface area contributed by atoms with E-state index in [2.05, 4.69) is 20.8 Å². The van der Waals surface area contributed by atoms with Crippen LogP contribution in [-0.4, -0.2) is 34.6 Å². The van der Waals surface area contributed by atoms with Gasteiger partial charge in [-0.3, -0.25) is 4.79 Å². The number of fused-ring (bicyclic) bond motifs is 2. The minimum atomic E-state index is -0.533. The summed E-state index contributed by atoms with van der Waals surface area (Å²) in [6.07, 6.45) is 3.08. The van der Waals surface area contributed by atoms with Crippen LogP contribution in [0.2, 0.25) is 0 Å². The van der Waals surface area contributed by atoms with E-state index in [0.717, 1.165) is 29.3 Å². The predicted octanol–water partition coefficient (Wildman–Crippen LogP) is 3.10. The number of carbonyl (C=O) groups excluding carboxylic acids is 1. The molecule has 1 amide bonds. The average molecular weight is 352 g/mol. The van der Waals surface area contributed by atoms with Gasteiger partial charge in [-0.15, -0.1) is 0 Å². The Labute approximate surface area is 134 Å². The monoisotopic (exact) mass is 351 g/mol. The van der Waals surface area contributed by atoms with Crippen LogP contribution in [0.5, 0.6) is 0 Å². The zero-order chi connectivity index (χ0) is 15.2. The molecule has 2 saturated heterocycles. The molecule has 2 heterocycles. The first-order valence-corrected chi connectivity index (χ1v) is 8.44. The van der Waals surface area contributed by atoms with Crippen molar-refractivity contribution in [1.29, 1.82) is 0 Å². The second-order valence-electron chi connectivity index (χ2n) is 6.82. The number of carbonyl (C=O) groups is 1. The highest BCUT2D eigenvalue weighted by molar-refractivity contribution is 9.10. The van der Waals surface area contributed by atoms with Crippen molar-refractivity contribution in [1.82, 2.24) is 4.90 Å². The number of hydrogen-bond donors (Lipinski definition) is 1. The largest absolute Gasteiger partial charge is 0.396 e. The zero-order valence-corrected chi connectivity index (χ0v) is 14.1. The number of benzene rings is 1. The average Bonchev–Trinajstić information content (AvgIpc) is 3.03. The highest BCUT2D eigenvalue weighted by Crippen LogP contribution is 2.44. The van der Waals surface area contributed by atoms with Gasteiger partial charge in [0.2, 0.25) is 5.91 Å². The molecule has 1 N–H and O–H groups in total. The molecule has 4 heteroatoms. The molecule has 2 aliphatic heterocycles. The van der Waals surface area contributed by atoms with Crippen LogP contribution < -0.4 is 0 Å². The zero-order valence-electron chi connectivity index (χ0n) is 12.6. The van der Waals surface area contributed by atoms with Crippen LogP contribution in [-0.2, 0) is 10.2 Å². The highest BCUT2D eigenvalue weighted by Gasteiger charge is 2.51. The summed E-state index contributed by atoms with van der Waals surface area (Å²) in [5.74, 6) is 0.468. The van der Waals surface area contributed by atoms with E-state index in [4.69, 9.17) is 0 Å². The van der Waals surface area contributed by atoms with Gasteiger partial charge in [-0.25, -0.2) is 0 Å². The van der Waals surface area contributed by atoms with E-state index >= 15 is 0 Å². The van der Waals surface area contributed by atoms with Gasteiger partial charge < -0.3 is 10.0 Å². The molecule has 21 heavy (non-hydrogen) atoms. The first-order chi connectivity index (χ1) is 9.95. The van der Waals surface area contributed by atoms with Crippen LogP contribution in [0.25, 0.3) is 0 Å². The number of aliphatic hydroxyl groups excluding tert-OH is 1. The molecule has 3 atom stereocenters. The number of rotatable bonds is 3. The van der Waals surface area contributed by atoms with Crippen molar-refractivity contribution in [2.75, 3.05) is 6.61 Å². The summed E-state index contributed by atoms with van der Waals surface area (Å²) >= 11 is 3.49. The highest BCUT2D eigenvalue weighted by atomic mass is 79.9. The van der Waals surface area contributed by atoms with Crippen LogP contribution in [0.15, 0.2) is 28.7 Å². The van der Waals surface area contributed by atoms with Gasteiger partial charge in [0.05, 0.1) is 5.41 Å². The summed E-state index contributed by atoms with van der Waals surface area (Å²) in [5.41, 5.74) is 0.503. The maximum absolute atomic E-state index is 13.1. The molecule has 0 saturated carbocycles. The van der Waals surface area contributed by atoms with Crippen LogP contribution in [0, 0.1) is 5.92 Å². The lowest BCUT2D eigenvalue weighted by Gasteiger charge is -2.33. The van der Waals surface area contributed by atoms with Crippen LogP contribution in [0.4, 0.5) is 0 Å². The van der Waals surface area contributed by atoms with E-state index in [1.54, 1.807) is 0 Å². The molecular weight excluding hydrogens is 330 g/mol. The normalized spacial score (nSPS) is 28.2. The second-order valence-corrected chi connectivity index (χ2v) is 7.74. The first-order valence-electron chi connectivity index (χ1n) is 7.65. The van der Waals surface area contributed by atoms with Gasteiger partial charge in [0.15, 0.2) is 0 Å². The fourth-order valence-electron chi connectivity index (χ4n) is 3.95. The fourth-order valence-corrected chi connectivity index (χ4v) is 4.35. The molecular formula is C17H22BrNO2. The van der Waals surface area contributed by atoms with Crippen molar-refractivity contribution in [2.45, 2.75) is 50.6 Å². The van der Waals surface area contributed by atoms with Crippen molar-refractivity contribution >= 4 is 21.8 Å². The van der Waals surface area contributed by atoms with Crippen molar-refractivity contribution < 1.29 is 9.90 Å². The maximum Gasteiger partial charge on any atom is 0.233 e. The molecule has 0 aliphatic carbocycles. The molecule has 0 radical (unpaired) electrons. The molecule has 2 aliphatic rings. The summed E-state index contributed by atoms with van der Waals surface area (Å²) in [6, 6.07) is 8.56. The molecule has 1 aromatic carbocycles. The Morgan fingerprint density at radius 2 is 2.19 bits per heavy atom. The van der Waals surface area contributed by atoms with E-state index in [1.807, 2.05) is 38.1 Å². The Morgan fingerprint density at radius 3 is 2.81 bits per heavy atom. The van der Waals surface area contributed by atoms with Gasteiger partial charge in [0.1, 0.15) is 0 Å². The lowest BCUT2D eigenvalue weighted by molar-refractivity contribution is -0.137. The molecule has 2 fully saturated rings. The molecule has 0 aromatic heterocycles. The minimum Gasteiger partial charge on any atom is -0.396 e. The predicted molar refractivity (Wildman–Crippen MR) is 86.0 cm³/mol. The summed E-state index contributed by atoms with van der Waals surface area (Å²) in [6.45, 7) is 4.20. The second kappa shape index (κ2) is 5.40.